The van der Waals surface area contributed by atoms with E-state index in [9.17, 15) is 9.59 Å². The van der Waals surface area contributed by atoms with E-state index in [0.29, 0.717) is 5.75 Å². The lowest BCUT2D eigenvalue weighted by molar-refractivity contribution is 0.0628. The summed E-state index contributed by atoms with van der Waals surface area (Å²) in [6, 6.07) is 6.72. The molecule has 0 saturated heterocycles. The van der Waals surface area contributed by atoms with E-state index in [1.807, 2.05) is 0 Å². The number of amides is 1. The number of nitrogens with two attached hydrogens (primary N) is 1. The molecule has 1 fully saturated rings. The SMILES string of the molecule is NC(=O)OC(=O)c1ccccc1OC1CCCCC1. The fourth-order valence-electron chi connectivity index (χ4n) is 2.25. The Kier molecular flexibility index (Phi) is 4.39. The van der Waals surface area contributed by atoms with Crippen LogP contribution in [-0.4, -0.2) is 18.2 Å². The van der Waals surface area contributed by atoms with Crippen LogP contribution in [-0.2, 0) is 4.74 Å². The molecule has 0 bridgehead atoms. The standard InChI is InChI=1S/C14H17NO4/c15-14(17)19-13(16)11-8-4-5-9-12(11)18-10-6-2-1-3-7-10/h4-5,8-10H,1-3,6-7H2,(H2,15,17). The van der Waals surface area contributed by atoms with Gasteiger partial charge in [0, 0.05) is 0 Å². The van der Waals surface area contributed by atoms with Gasteiger partial charge in [0.15, 0.2) is 0 Å². The quantitative estimate of drug-likeness (QED) is 0.671. The predicted octanol–water partition coefficient (Wildman–Crippen LogP) is 2.63. The predicted molar refractivity (Wildman–Crippen MR) is 68.9 cm³/mol. The first-order valence-corrected chi connectivity index (χ1v) is 6.44. The zero-order valence-electron chi connectivity index (χ0n) is 10.6. The van der Waals surface area contributed by atoms with Crippen molar-refractivity contribution in [3.63, 3.8) is 0 Å². The Labute approximate surface area is 111 Å². The van der Waals surface area contributed by atoms with Gasteiger partial charge in [0.1, 0.15) is 11.3 Å². The van der Waals surface area contributed by atoms with E-state index in [2.05, 4.69) is 4.74 Å². The number of esters is 1. The molecule has 1 aromatic rings. The molecule has 5 heteroatoms. The molecule has 0 atom stereocenters. The minimum Gasteiger partial charge on any atom is -0.490 e. The molecule has 1 saturated carbocycles. The average Bonchev–Trinajstić information content (AvgIpc) is 2.39. The molecule has 0 radical (unpaired) electrons. The van der Waals surface area contributed by atoms with Crippen molar-refractivity contribution in [3.8, 4) is 5.75 Å². The largest absolute Gasteiger partial charge is 0.490 e. The first-order valence-electron chi connectivity index (χ1n) is 6.44. The Morgan fingerprint density at radius 3 is 2.47 bits per heavy atom. The lowest BCUT2D eigenvalue weighted by atomic mass is 9.97. The number of carbonyl (C=O) groups is 2. The second kappa shape index (κ2) is 6.22. The molecule has 1 amide bonds. The third-order valence-corrected chi connectivity index (χ3v) is 3.15. The van der Waals surface area contributed by atoms with Crippen LogP contribution in [0.2, 0.25) is 0 Å². The van der Waals surface area contributed by atoms with Crippen molar-refractivity contribution in [2.75, 3.05) is 0 Å². The van der Waals surface area contributed by atoms with Crippen LogP contribution in [0.5, 0.6) is 5.75 Å². The summed E-state index contributed by atoms with van der Waals surface area (Å²) in [7, 11) is 0. The number of hydrogen-bond acceptors (Lipinski definition) is 4. The van der Waals surface area contributed by atoms with Crippen molar-refractivity contribution in [1.82, 2.24) is 0 Å². The summed E-state index contributed by atoms with van der Waals surface area (Å²) in [5.41, 5.74) is 5.07. The lowest BCUT2D eigenvalue weighted by Gasteiger charge is -2.23. The summed E-state index contributed by atoms with van der Waals surface area (Å²) in [6.07, 6.45) is 4.48. The van der Waals surface area contributed by atoms with Crippen molar-refractivity contribution in [3.05, 3.63) is 29.8 Å². The first-order chi connectivity index (χ1) is 9.16. The number of hydrogen-bond donors (Lipinski definition) is 1. The van der Waals surface area contributed by atoms with Crippen LogP contribution in [0.4, 0.5) is 4.79 Å². The van der Waals surface area contributed by atoms with Crippen molar-refractivity contribution >= 4 is 12.1 Å². The maximum Gasteiger partial charge on any atom is 0.412 e. The molecule has 1 aliphatic rings. The minimum absolute atomic E-state index is 0.122. The zero-order valence-corrected chi connectivity index (χ0v) is 10.6. The van der Waals surface area contributed by atoms with Crippen molar-refractivity contribution < 1.29 is 19.1 Å². The molecule has 1 aliphatic carbocycles. The highest BCUT2D eigenvalue weighted by Gasteiger charge is 2.20. The Balaban J connectivity index is 2.11. The molecular formula is C14H17NO4. The van der Waals surface area contributed by atoms with Gasteiger partial charge in [-0.1, -0.05) is 18.6 Å². The van der Waals surface area contributed by atoms with Gasteiger partial charge in [-0.2, -0.15) is 0 Å². The highest BCUT2D eigenvalue weighted by Crippen LogP contribution is 2.26. The molecule has 0 spiro atoms. The topological polar surface area (TPSA) is 78.6 Å². The van der Waals surface area contributed by atoms with Gasteiger partial charge in [-0.05, 0) is 37.8 Å². The van der Waals surface area contributed by atoms with Crippen molar-refractivity contribution in [1.29, 1.82) is 0 Å². The van der Waals surface area contributed by atoms with E-state index in [1.165, 1.54) is 6.42 Å². The molecular weight excluding hydrogens is 246 g/mol. The first kappa shape index (κ1) is 13.4. The van der Waals surface area contributed by atoms with Crippen LogP contribution < -0.4 is 10.5 Å². The molecule has 1 aromatic carbocycles. The highest BCUT2D eigenvalue weighted by molar-refractivity contribution is 5.98. The Morgan fingerprint density at radius 1 is 1.11 bits per heavy atom. The summed E-state index contributed by atoms with van der Waals surface area (Å²) in [5.74, 6) is -0.334. The number of ether oxygens (including phenoxy) is 2. The van der Waals surface area contributed by atoms with E-state index in [4.69, 9.17) is 10.5 Å². The molecule has 0 heterocycles. The summed E-state index contributed by atoms with van der Waals surface area (Å²) in [5, 5.41) is 0. The van der Waals surface area contributed by atoms with Gasteiger partial charge < -0.3 is 15.2 Å². The van der Waals surface area contributed by atoms with E-state index in [0.717, 1.165) is 25.7 Å². The Bertz CT molecular complexity index is 466. The molecule has 102 valence electrons. The minimum atomic E-state index is -1.11. The van der Waals surface area contributed by atoms with E-state index in [1.54, 1.807) is 24.3 Å². The molecule has 19 heavy (non-hydrogen) atoms. The fraction of sp³-hybridized carbons (Fsp3) is 0.429. The van der Waals surface area contributed by atoms with Gasteiger partial charge in [0.2, 0.25) is 0 Å². The maximum atomic E-state index is 11.7. The molecule has 0 aliphatic heterocycles. The summed E-state index contributed by atoms with van der Waals surface area (Å²) in [4.78, 5) is 22.3. The lowest BCUT2D eigenvalue weighted by Crippen LogP contribution is -2.22. The zero-order chi connectivity index (χ0) is 13.7. The second-order valence-corrected chi connectivity index (χ2v) is 4.58. The monoisotopic (exact) mass is 263 g/mol. The summed E-state index contributed by atoms with van der Waals surface area (Å²) < 4.78 is 10.2. The van der Waals surface area contributed by atoms with Gasteiger partial charge in [0.05, 0.1) is 6.10 Å². The van der Waals surface area contributed by atoms with Crippen LogP contribution in [0, 0.1) is 0 Å². The van der Waals surface area contributed by atoms with Crippen LogP contribution in [0.1, 0.15) is 42.5 Å². The molecule has 0 unspecified atom stereocenters. The van der Waals surface area contributed by atoms with Gasteiger partial charge in [0.25, 0.3) is 0 Å². The molecule has 2 N–H and O–H groups in total. The van der Waals surface area contributed by atoms with Crippen LogP contribution in [0.25, 0.3) is 0 Å². The number of benzene rings is 1. The summed E-state index contributed by atoms with van der Waals surface area (Å²) >= 11 is 0. The fourth-order valence-corrected chi connectivity index (χ4v) is 2.25. The van der Waals surface area contributed by atoms with E-state index < -0.39 is 12.1 Å². The number of primary amides is 1. The average molecular weight is 263 g/mol. The van der Waals surface area contributed by atoms with Gasteiger partial charge in [-0.3, -0.25) is 0 Å². The number of para-hydroxylation sites is 1. The van der Waals surface area contributed by atoms with Crippen LogP contribution >= 0.6 is 0 Å². The molecule has 5 nitrogen and oxygen atoms in total. The van der Waals surface area contributed by atoms with Crippen molar-refractivity contribution in [2.24, 2.45) is 5.73 Å². The Morgan fingerprint density at radius 2 is 1.79 bits per heavy atom. The number of carbonyl (C=O) groups excluding carboxylic acids is 2. The van der Waals surface area contributed by atoms with Crippen LogP contribution in [0.15, 0.2) is 24.3 Å². The van der Waals surface area contributed by atoms with Crippen molar-refractivity contribution in [2.45, 2.75) is 38.2 Å². The van der Waals surface area contributed by atoms with Gasteiger partial charge >= 0.3 is 12.1 Å². The molecule has 2 rings (SSSR count). The normalized spacial score (nSPS) is 15.8. The van der Waals surface area contributed by atoms with Gasteiger partial charge in [-0.25, -0.2) is 9.59 Å². The summed E-state index contributed by atoms with van der Waals surface area (Å²) in [6.45, 7) is 0. The second-order valence-electron chi connectivity index (χ2n) is 4.58. The van der Waals surface area contributed by atoms with Crippen LogP contribution in [0.3, 0.4) is 0 Å². The smallest absolute Gasteiger partial charge is 0.412 e. The van der Waals surface area contributed by atoms with E-state index >= 15 is 0 Å². The maximum absolute atomic E-state index is 11.7. The van der Waals surface area contributed by atoms with Gasteiger partial charge in [-0.15, -0.1) is 0 Å². The number of rotatable bonds is 3. The third kappa shape index (κ3) is 3.71. The Hall–Kier alpha value is -2.04. The van der Waals surface area contributed by atoms with E-state index in [-0.39, 0.29) is 11.7 Å². The highest BCUT2D eigenvalue weighted by atomic mass is 16.6. The molecule has 0 aromatic heterocycles. The third-order valence-electron chi connectivity index (χ3n) is 3.15.